The summed E-state index contributed by atoms with van der Waals surface area (Å²) in [4.78, 5) is 22.4. The number of hydrogen-bond donors (Lipinski definition) is 2. The number of halogens is 3. The maximum atomic E-state index is 11.9. The largest absolute Gasteiger partial charge is 0.480 e. The molecule has 5 nitrogen and oxygen atoms in total. The number of aliphatic hydroxyl groups is 1. The summed E-state index contributed by atoms with van der Waals surface area (Å²) in [6.07, 6.45) is -7.70. The number of carboxylic acid groups (broad SMARTS) is 1. The molecule has 0 aromatic rings. The highest BCUT2D eigenvalue weighted by molar-refractivity contribution is 5.84. The number of amides is 1. The Bertz CT molecular complexity index is 304. The van der Waals surface area contributed by atoms with E-state index in [9.17, 15) is 22.8 Å². The minimum absolute atomic E-state index is 0.237. The average molecular weight is 241 g/mol. The van der Waals surface area contributed by atoms with Crippen LogP contribution in [0, 0.1) is 0 Å². The lowest BCUT2D eigenvalue weighted by molar-refractivity contribution is -0.165. The van der Waals surface area contributed by atoms with Crippen LogP contribution in [0.1, 0.15) is 12.8 Å². The second kappa shape index (κ2) is 4.28. The minimum Gasteiger partial charge on any atom is -0.480 e. The first-order chi connectivity index (χ1) is 7.20. The van der Waals surface area contributed by atoms with E-state index in [1.54, 1.807) is 0 Å². The van der Waals surface area contributed by atoms with Crippen molar-refractivity contribution in [1.82, 2.24) is 4.90 Å². The van der Waals surface area contributed by atoms with E-state index in [-0.39, 0.29) is 13.0 Å². The molecule has 1 aliphatic rings. The Balaban J connectivity index is 2.71. The highest BCUT2D eigenvalue weighted by Gasteiger charge is 2.42. The van der Waals surface area contributed by atoms with Crippen LogP contribution in [0.3, 0.4) is 0 Å². The van der Waals surface area contributed by atoms with Crippen molar-refractivity contribution in [3.05, 3.63) is 0 Å². The zero-order valence-electron chi connectivity index (χ0n) is 8.07. The van der Waals surface area contributed by atoms with Crippen molar-refractivity contribution in [2.45, 2.75) is 31.2 Å². The third-order valence-electron chi connectivity index (χ3n) is 2.24. The van der Waals surface area contributed by atoms with Gasteiger partial charge < -0.3 is 15.1 Å². The van der Waals surface area contributed by atoms with Crippen LogP contribution in [0.5, 0.6) is 0 Å². The number of carboxylic acids is 1. The van der Waals surface area contributed by atoms with E-state index in [0.717, 1.165) is 0 Å². The van der Waals surface area contributed by atoms with E-state index in [2.05, 4.69) is 0 Å². The molecule has 92 valence electrons. The molecule has 8 heteroatoms. The maximum Gasteiger partial charge on any atom is 0.397 e. The Morgan fingerprint density at radius 3 is 2.38 bits per heavy atom. The van der Waals surface area contributed by atoms with E-state index in [4.69, 9.17) is 10.2 Å². The Kier molecular flexibility index (Phi) is 3.41. The number of carbonyl (C=O) groups excluding carboxylic acids is 1. The van der Waals surface area contributed by atoms with Gasteiger partial charge in [0.05, 0.1) is 6.10 Å². The number of nitrogens with zero attached hydrogens (tertiary/aromatic N) is 1. The highest BCUT2D eigenvalue weighted by Crippen LogP contribution is 2.25. The molecule has 2 N–H and O–H groups in total. The molecular weight excluding hydrogens is 231 g/mol. The second-order valence-corrected chi connectivity index (χ2v) is 3.58. The summed E-state index contributed by atoms with van der Waals surface area (Å²) in [5.74, 6) is -2.73. The van der Waals surface area contributed by atoms with Gasteiger partial charge in [0.15, 0.2) is 0 Å². The lowest BCUT2D eigenvalue weighted by Crippen LogP contribution is -2.42. The first kappa shape index (κ1) is 12.8. The zero-order valence-corrected chi connectivity index (χ0v) is 8.07. The van der Waals surface area contributed by atoms with Crippen LogP contribution in [0.4, 0.5) is 13.2 Å². The van der Waals surface area contributed by atoms with Crippen molar-refractivity contribution in [1.29, 1.82) is 0 Å². The SMILES string of the molecule is O=C(O)[C@H]1C[C@@H](O)CN1C(=O)CC(F)(F)F. The molecule has 0 aromatic carbocycles. The van der Waals surface area contributed by atoms with Crippen molar-refractivity contribution < 1.29 is 33.0 Å². The number of carbonyl (C=O) groups is 2. The summed E-state index contributed by atoms with van der Waals surface area (Å²) < 4.78 is 35.8. The fraction of sp³-hybridized carbons (Fsp3) is 0.750. The highest BCUT2D eigenvalue weighted by atomic mass is 19.4. The molecule has 1 heterocycles. The summed E-state index contributed by atoms with van der Waals surface area (Å²) >= 11 is 0. The van der Waals surface area contributed by atoms with Gasteiger partial charge in [-0.25, -0.2) is 4.79 Å². The van der Waals surface area contributed by atoms with Crippen LogP contribution >= 0.6 is 0 Å². The molecule has 16 heavy (non-hydrogen) atoms. The smallest absolute Gasteiger partial charge is 0.397 e. The Labute approximate surface area is 88.5 Å². The van der Waals surface area contributed by atoms with Crippen LogP contribution in [0.2, 0.25) is 0 Å². The first-order valence-corrected chi connectivity index (χ1v) is 4.48. The van der Waals surface area contributed by atoms with E-state index in [1.807, 2.05) is 0 Å². The van der Waals surface area contributed by atoms with Crippen LogP contribution in [0.25, 0.3) is 0 Å². The van der Waals surface area contributed by atoms with Gasteiger partial charge in [-0.15, -0.1) is 0 Å². The van der Waals surface area contributed by atoms with Gasteiger partial charge in [0.1, 0.15) is 12.5 Å². The molecule has 0 unspecified atom stereocenters. The molecule has 1 amide bonds. The summed E-state index contributed by atoms with van der Waals surface area (Å²) in [5, 5.41) is 17.8. The van der Waals surface area contributed by atoms with E-state index in [1.165, 1.54) is 0 Å². The van der Waals surface area contributed by atoms with E-state index >= 15 is 0 Å². The molecule has 1 fully saturated rings. The van der Waals surface area contributed by atoms with Gasteiger partial charge in [0.25, 0.3) is 0 Å². The minimum atomic E-state index is -4.67. The number of rotatable bonds is 2. The summed E-state index contributed by atoms with van der Waals surface area (Å²) in [5.41, 5.74) is 0. The van der Waals surface area contributed by atoms with Gasteiger partial charge in [-0.1, -0.05) is 0 Å². The Morgan fingerprint density at radius 1 is 1.38 bits per heavy atom. The molecule has 1 rings (SSSR count). The normalized spacial score (nSPS) is 25.9. The van der Waals surface area contributed by atoms with Gasteiger partial charge >= 0.3 is 12.1 Å². The third-order valence-corrected chi connectivity index (χ3v) is 2.24. The van der Waals surface area contributed by atoms with Crippen molar-refractivity contribution in [2.24, 2.45) is 0 Å². The fourth-order valence-electron chi connectivity index (χ4n) is 1.60. The summed E-state index contributed by atoms with van der Waals surface area (Å²) in [6.45, 7) is -0.369. The number of hydrogen-bond acceptors (Lipinski definition) is 3. The van der Waals surface area contributed by atoms with Crippen LogP contribution in [-0.4, -0.2) is 51.9 Å². The number of β-amino-alcohol motifs (C(OH)–C–C–N with tert-alkyl or cyclic N) is 1. The first-order valence-electron chi connectivity index (χ1n) is 4.48. The molecule has 0 aliphatic carbocycles. The maximum absolute atomic E-state index is 11.9. The predicted molar refractivity (Wildman–Crippen MR) is 44.4 cm³/mol. The molecule has 2 atom stereocenters. The van der Waals surface area contributed by atoms with Gasteiger partial charge in [0, 0.05) is 13.0 Å². The van der Waals surface area contributed by atoms with E-state index in [0.29, 0.717) is 4.90 Å². The second-order valence-electron chi connectivity index (χ2n) is 3.58. The number of aliphatic hydroxyl groups excluding tert-OH is 1. The van der Waals surface area contributed by atoms with Crippen LogP contribution in [0.15, 0.2) is 0 Å². The van der Waals surface area contributed by atoms with Crippen molar-refractivity contribution >= 4 is 11.9 Å². The fourth-order valence-corrected chi connectivity index (χ4v) is 1.60. The molecule has 1 saturated heterocycles. The van der Waals surface area contributed by atoms with Gasteiger partial charge in [0.2, 0.25) is 5.91 Å². The predicted octanol–water partition coefficient (Wildman–Crippen LogP) is -0.0148. The van der Waals surface area contributed by atoms with Crippen molar-refractivity contribution in [2.75, 3.05) is 6.54 Å². The van der Waals surface area contributed by atoms with Gasteiger partial charge in [-0.05, 0) is 0 Å². The molecule has 1 aliphatic heterocycles. The van der Waals surface area contributed by atoms with Crippen LogP contribution < -0.4 is 0 Å². The summed E-state index contributed by atoms with van der Waals surface area (Å²) in [6, 6.07) is -1.37. The Morgan fingerprint density at radius 2 is 1.94 bits per heavy atom. The zero-order chi connectivity index (χ0) is 12.5. The average Bonchev–Trinajstić information content (AvgIpc) is 2.44. The summed E-state index contributed by atoms with van der Waals surface area (Å²) in [7, 11) is 0. The van der Waals surface area contributed by atoms with Crippen molar-refractivity contribution in [3.8, 4) is 0 Å². The number of aliphatic carboxylic acids is 1. The Hall–Kier alpha value is -1.31. The standard InChI is InChI=1S/C8H10F3NO4/c9-8(10,11)2-6(14)12-3-4(13)1-5(12)7(15)16/h4-5,13H,1-3H2,(H,15,16)/t4-,5-/m1/s1. The van der Waals surface area contributed by atoms with Crippen LogP contribution in [-0.2, 0) is 9.59 Å². The third kappa shape index (κ3) is 3.09. The molecular formula is C8H10F3NO4. The number of alkyl halides is 3. The van der Waals surface area contributed by atoms with Gasteiger partial charge in [-0.3, -0.25) is 4.79 Å². The molecule has 0 spiro atoms. The monoisotopic (exact) mass is 241 g/mol. The quantitative estimate of drug-likeness (QED) is 0.712. The molecule has 0 aromatic heterocycles. The lowest BCUT2D eigenvalue weighted by atomic mass is 10.2. The van der Waals surface area contributed by atoms with Gasteiger partial charge in [-0.2, -0.15) is 13.2 Å². The van der Waals surface area contributed by atoms with E-state index < -0.39 is 36.6 Å². The molecule has 0 saturated carbocycles. The molecule has 0 bridgehead atoms. The lowest BCUT2D eigenvalue weighted by Gasteiger charge is -2.21. The molecule has 0 radical (unpaired) electrons. The number of likely N-dealkylation sites (tertiary alicyclic amines) is 1. The topological polar surface area (TPSA) is 77.8 Å². The van der Waals surface area contributed by atoms with Crippen molar-refractivity contribution in [3.63, 3.8) is 0 Å².